The Balaban J connectivity index is 1.64. The van der Waals surface area contributed by atoms with Gasteiger partial charge in [0.25, 0.3) is 5.91 Å². The number of hydrogen-bond donors (Lipinski definition) is 2. The second kappa shape index (κ2) is 7.34. The van der Waals surface area contributed by atoms with Crippen LogP contribution >= 0.6 is 23.6 Å². The summed E-state index contributed by atoms with van der Waals surface area (Å²) in [5.74, 6) is 0.505. The molecule has 0 fully saturated rings. The van der Waals surface area contributed by atoms with Crippen LogP contribution in [0.1, 0.15) is 17.4 Å². The van der Waals surface area contributed by atoms with Crippen LogP contribution in [0.25, 0.3) is 15.9 Å². The normalized spacial score (nSPS) is 10.9. The van der Waals surface area contributed by atoms with Crippen molar-refractivity contribution in [3.63, 3.8) is 0 Å². The Hall–Kier alpha value is -2.97. The van der Waals surface area contributed by atoms with E-state index in [2.05, 4.69) is 15.3 Å². The van der Waals surface area contributed by atoms with Gasteiger partial charge in [0.05, 0.1) is 16.8 Å². The van der Waals surface area contributed by atoms with Gasteiger partial charge < -0.3 is 9.72 Å². The molecular weight excluding hydrogens is 380 g/mol. The SMILES string of the molecule is CCOc1ccc2nc(NC(=O)c3c[nH]c(=S)n3-c3ccccc3)sc2c1. The Morgan fingerprint density at radius 1 is 1.30 bits per heavy atom. The molecule has 1 amide bonds. The number of carbonyl (C=O) groups is 1. The second-order valence-electron chi connectivity index (χ2n) is 5.69. The van der Waals surface area contributed by atoms with Gasteiger partial charge in [0.1, 0.15) is 11.4 Å². The monoisotopic (exact) mass is 396 g/mol. The average Bonchev–Trinajstić information content (AvgIpc) is 3.25. The number of aromatic nitrogens is 3. The minimum atomic E-state index is -0.282. The Morgan fingerprint density at radius 3 is 2.89 bits per heavy atom. The molecule has 0 unspecified atom stereocenters. The van der Waals surface area contributed by atoms with E-state index >= 15 is 0 Å². The third kappa shape index (κ3) is 3.49. The molecule has 0 spiro atoms. The van der Waals surface area contributed by atoms with Gasteiger partial charge >= 0.3 is 0 Å². The summed E-state index contributed by atoms with van der Waals surface area (Å²) in [6.07, 6.45) is 1.60. The van der Waals surface area contributed by atoms with Crippen molar-refractivity contribution in [3.8, 4) is 11.4 Å². The number of H-pyrrole nitrogens is 1. The molecule has 2 aromatic carbocycles. The summed E-state index contributed by atoms with van der Waals surface area (Å²) in [5.41, 5.74) is 2.05. The molecule has 0 saturated carbocycles. The van der Waals surface area contributed by atoms with Crippen molar-refractivity contribution in [1.82, 2.24) is 14.5 Å². The molecule has 0 radical (unpaired) electrons. The number of hydrogen-bond acceptors (Lipinski definition) is 5. The Morgan fingerprint density at radius 2 is 2.11 bits per heavy atom. The molecule has 27 heavy (non-hydrogen) atoms. The van der Waals surface area contributed by atoms with Gasteiger partial charge in [-0.1, -0.05) is 29.5 Å². The lowest BCUT2D eigenvalue weighted by molar-refractivity contribution is 0.102. The maximum atomic E-state index is 12.8. The first-order chi connectivity index (χ1) is 13.2. The Bertz CT molecular complexity index is 1160. The van der Waals surface area contributed by atoms with Crippen LogP contribution in [0.2, 0.25) is 0 Å². The van der Waals surface area contributed by atoms with Crippen LogP contribution in [0.3, 0.4) is 0 Å². The number of para-hydroxylation sites is 1. The molecule has 8 heteroatoms. The summed E-state index contributed by atoms with van der Waals surface area (Å²) in [6.45, 7) is 2.54. The van der Waals surface area contributed by atoms with Gasteiger partial charge in [-0.15, -0.1) is 0 Å². The minimum Gasteiger partial charge on any atom is -0.494 e. The van der Waals surface area contributed by atoms with Gasteiger partial charge in [-0.3, -0.25) is 14.7 Å². The maximum absolute atomic E-state index is 12.8. The lowest BCUT2D eigenvalue weighted by Gasteiger charge is -2.07. The first-order valence-corrected chi connectivity index (χ1v) is 9.59. The molecule has 2 heterocycles. The van der Waals surface area contributed by atoms with Crippen molar-refractivity contribution in [1.29, 1.82) is 0 Å². The van der Waals surface area contributed by atoms with E-state index in [9.17, 15) is 4.79 Å². The summed E-state index contributed by atoms with van der Waals surface area (Å²) >= 11 is 6.73. The number of thiazole rings is 1. The second-order valence-corrected chi connectivity index (χ2v) is 7.10. The number of nitrogens with zero attached hydrogens (tertiary/aromatic N) is 2. The van der Waals surface area contributed by atoms with Crippen LogP contribution in [-0.2, 0) is 0 Å². The van der Waals surface area contributed by atoms with Crippen molar-refractivity contribution in [2.75, 3.05) is 11.9 Å². The number of ether oxygens (including phenoxy) is 1. The first kappa shape index (κ1) is 17.4. The molecule has 2 N–H and O–H groups in total. The summed E-state index contributed by atoms with van der Waals surface area (Å²) in [4.78, 5) is 20.2. The number of rotatable bonds is 5. The van der Waals surface area contributed by atoms with Crippen molar-refractivity contribution in [2.45, 2.75) is 6.92 Å². The molecule has 0 saturated heterocycles. The lowest BCUT2D eigenvalue weighted by Crippen LogP contribution is -2.16. The summed E-state index contributed by atoms with van der Waals surface area (Å²) in [6, 6.07) is 15.2. The molecule has 2 aromatic heterocycles. The zero-order chi connectivity index (χ0) is 18.8. The van der Waals surface area contributed by atoms with E-state index in [1.807, 2.05) is 55.5 Å². The minimum absolute atomic E-state index is 0.282. The van der Waals surface area contributed by atoms with Gasteiger partial charge in [-0.05, 0) is 49.5 Å². The molecule has 4 aromatic rings. The molecule has 0 aliphatic carbocycles. The summed E-state index contributed by atoms with van der Waals surface area (Å²) < 4.78 is 8.62. The largest absolute Gasteiger partial charge is 0.494 e. The smallest absolute Gasteiger partial charge is 0.276 e. The highest BCUT2D eigenvalue weighted by atomic mass is 32.1. The molecule has 0 aliphatic heterocycles. The quantitative estimate of drug-likeness (QED) is 0.476. The van der Waals surface area contributed by atoms with Crippen molar-refractivity contribution >= 4 is 44.8 Å². The standard InChI is InChI=1S/C19H16N4O2S2/c1-2-25-13-8-9-14-16(10-13)27-18(21-14)22-17(24)15-11-20-19(26)23(15)12-6-4-3-5-7-12/h3-11H,2H2,1H3,(H,20,26)(H,21,22,24). The zero-order valence-electron chi connectivity index (χ0n) is 14.4. The number of anilines is 1. The van der Waals surface area contributed by atoms with Crippen molar-refractivity contribution in [2.24, 2.45) is 0 Å². The van der Waals surface area contributed by atoms with Crippen molar-refractivity contribution in [3.05, 3.63) is 65.2 Å². The van der Waals surface area contributed by atoms with Crippen LogP contribution < -0.4 is 10.1 Å². The topological polar surface area (TPSA) is 71.9 Å². The van der Waals surface area contributed by atoms with E-state index < -0.39 is 0 Å². The number of nitrogens with one attached hydrogen (secondary N) is 2. The molecule has 0 atom stereocenters. The van der Waals surface area contributed by atoms with Gasteiger partial charge in [0.15, 0.2) is 9.90 Å². The van der Waals surface area contributed by atoms with Crippen LogP contribution in [0.15, 0.2) is 54.7 Å². The first-order valence-electron chi connectivity index (χ1n) is 8.36. The van der Waals surface area contributed by atoms with E-state index in [1.165, 1.54) is 11.3 Å². The highest BCUT2D eigenvalue weighted by Gasteiger charge is 2.16. The predicted octanol–water partition coefficient (Wildman–Crippen LogP) is 4.80. The molecule has 6 nitrogen and oxygen atoms in total. The number of aromatic amines is 1. The van der Waals surface area contributed by atoms with Crippen LogP contribution in [0.5, 0.6) is 5.75 Å². The molecule has 136 valence electrons. The van der Waals surface area contributed by atoms with E-state index in [1.54, 1.807) is 10.8 Å². The fourth-order valence-electron chi connectivity index (χ4n) is 2.75. The molecular formula is C19H16N4O2S2. The number of benzene rings is 2. The molecule has 0 bridgehead atoms. The molecule has 4 rings (SSSR count). The van der Waals surface area contributed by atoms with E-state index in [0.717, 1.165) is 21.7 Å². The fraction of sp³-hybridized carbons (Fsp3) is 0.105. The predicted molar refractivity (Wildman–Crippen MR) is 110 cm³/mol. The summed E-state index contributed by atoms with van der Waals surface area (Å²) in [5, 5.41) is 3.39. The van der Waals surface area contributed by atoms with Crippen LogP contribution in [-0.4, -0.2) is 27.0 Å². The number of amides is 1. The highest BCUT2D eigenvalue weighted by Crippen LogP contribution is 2.29. The zero-order valence-corrected chi connectivity index (χ0v) is 16.1. The fourth-order valence-corrected chi connectivity index (χ4v) is 3.90. The number of imidazole rings is 1. The van der Waals surface area contributed by atoms with Gasteiger partial charge in [0, 0.05) is 11.9 Å². The van der Waals surface area contributed by atoms with E-state index in [0.29, 0.717) is 22.2 Å². The third-order valence-electron chi connectivity index (χ3n) is 3.91. The van der Waals surface area contributed by atoms with Crippen LogP contribution in [0.4, 0.5) is 5.13 Å². The van der Waals surface area contributed by atoms with E-state index in [4.69, 9.17) is 17.0 Å². The highest BCUT2D eigenvalue weighted by molar-refractivity contribution is 7.71. The number of fused-ring (bicyclic) bond motifs is 1. The Kier molecular flexibility index (Phi) is 4.74. The average molecular weight is 396 g/mol. The molecule has 0 aliphatic rings. The third-order valence-corrected chi connectivity index (χ3v) is 5.15. The van der Waals surface area contributed by atoms with Crippen molar-refractivity contribution < 1.29 is 9.53 Å². The lowest BCUT2D eigenvalue weighted by atomic mass is 10.3. The van der Waals surface area contributed by atoms with E-state index in [-0.39, 0.29) is 5.91 Å². The number of carbonyl (C=O) groups excluding carboxylic acids is 1. The Labute approximate surface area is 164 Å². The van der Waals surface area contributed by atoms with Gasteiger partial charge in [-0.2, -0.15) is 0 Å². The summed E-state index contributed by atoms with van der Waals surface area (Å²) in [7, 11) is 0. The maximum Gasteiger partial charge on any atom is 0.276 e. The van der Waals surface area contributed by atoms with Gasteiger partial charge in [-0.25, -0.2) is 4.98 Å². The van der Waals surface area contributed by atoms with Gasteiger partial charge in [0.2, 0.25) is 0 Å². The van der Waals surface area contributed by atoms with Crippen LogP contribution in [0, 0.1) is 4.77 Å².